The van der Waals surface area contributed by atoms with Gasteiger partial charge in [0.2, 0.25) is 0 Å². The second-order valence-corrected chi connectivity index (χ2v) is 6.24. The number of anilines is 2. The minimum Gasteiger partial charge on any atom is -0.369 e. The summed E-state index contributed by atoms with van der Waals surface area (Å²) in [5.41, 5.74) is 2.90. The lowest BCUT2D eigenvalue weighted by Gasteiger charge is -2.29. The topological polar surface area (TPSA) is 82.2 Å². The zero-order valence-corrected chi connectivity index (χ0v) is 15.2. The predicted molar refractivity (Wildman–Crippen MR) is 104 cm³/mol. The Bertz CT molecular complexity index is 695. The second kappa shape index (κ2) is 9.15. The number of nitrogens with zero attached hydrogens (tertiary/aromatic N) is 3. The maximum Gasteiger partial charge on any atom is 0.271 e. The van der Waals surface area contributed by atoms with Gasteiger partial charge in [0.05, 0.1) is 0 Å². The Morgan fingerprint density at radius 2 is 1.88 bits per heavy atom. The Labute approximate surface area is 154 Å². The molecule has 1 aromatic carbocycles. The molecule has 1 fully saturated rings. The first-order valence-corrected chi connectivity index (χ1v) is 9.16. The molecule has 3 N–H and O–H groups in total. The number of carbonyl (C=O) groups excluding carboxylic acids is 1. The summed E-state index contributed by atoms with van der Waals surface area (Å²) in [5.74, 6) is 0.478. The fourth-order valence-corrected chi connectivity index (χ4v) is 2.93. The highest BCUT2D eigenvalue weighted by atomic mass is 16.1. The van der Waals surface area contributed by atoms with E-state index in [1.54, 1.807) is 12.1 Å². The van der Waals surface area contributed by atoms with Crippen molar-refractivity contribution in [2.45, 2.75) is 13.3 Å². The van der Waals surface area contributed by atoms with Gasteiger partial charge in [-0.05, 0) is 43.2 Å². The average molecular weight is 354 g/mol. The van der Waals surface area contributed by atoms with Gasteiger partial charge < -0.3 is 20.9 Å². The standard InChI is InChI=1S/C19H26N6O/c1-2-21-19(26)17-7-8-18(24-23-17)22-10-9-15-3-5-16(6-4-15)25-13-11-20-12-14-25/h3-8,20H,2,9-14H2,1H3,(H,21,26)(H,22,24). The second-order valence-electron chi connectivity index (χ2n) is 6.24. The minimum atomic E-state index is -0.198. The normalized spacial score (nSPS) is 14.1. The molecule has 2 aromatic rings. The number of rotatable bonds is 7. The van der Waals surface area contributed by atoms with Crippen LogP contribution in [0.3, 0.4) is 0 Å². The van der Waals surface area contributed by atoms with Crippen molar-refractivity contribution in [3.63, 3.8) is 0 Å². The highest BCUT2D eigenvalue weighted by Crippen LogP contribution is 2.16. The molecule has 0 atom stereocenters. The van der Waals surface area contributed by atoms with Gasteiger partial charge in [0.15, 0.2) is 5.69 Å². The van der Waals surface area contributed by atoms with E-state index in [-0.39, 0.29) is 5.91 Å². The number of amides is 1. The molecule has 1 saturated heterocycles. The van der Waals surface area contributed by atoms with Crippen molar-refractivity contribution in [2.75, 3.05) is 49.5 Å². The minimum absolute atomic E-state index is 0.198. The molecule has 0 bridgehead atoms. The van der Waals surface area contributed by atoms with Crippen LogP contribution in [0.15, 0.2) is 36.4 Å². The molecule has 138 valence electrons. The van der Waals surface area contributed by atoms with Crippen LogP contribution in [0.4, 0.5) is 11.5 Å². The Morgan fingerprint density at radius 3 is 2.54 bits per heavy atom. The van der Waals surface area contributed by atoms with E-state index >= 15 is 0 Å². The van der Waals surface area contributed by atoms with Crippen molar-refractivity contribution in [3.05, 3.63) is 47.7 Å². The zero-order valence-electron chi connectivity index (χ0n) is 15.2. The third-order valence-corrected chi connectivity index (χ3v) is 4.37. The van der Waals surface area contributed by atoms with Gasteiger partial charge in [0, 0.05) is 45.0 Å². The van der Waals surface area contributed by atoms with Crippen LogP contribution < -0.4 is 20.9 Å². The van der Waals surface area contributed by atoms with Gasteiger partial charge in [-0.25, -0.2) is 0 Å². The van der Waals surface area contributed by atoms with Crippen molar-refractivity contribution < 1.29 is 4.79 Å². The lowest BCUT2D eigenvalue weighted by atomic mass is 10.1. The van der Waals surface area contributed by atoms with Crippen molar-refractivity contribution in [2.24, 2.45) is 0 Å². The highest BCUT2D eigenvalue weighted by Gasteiger charge is 2.10. The zero-order chi connectivity index (χ0) is 18.2. The maximum absolute atomic E-state index is 11.7. The molecule has 0 spiro atoms. The molecule has 1 aliphatic rings. The Hall–Kier alpha value is -2.67. The summed E-state index contributed by atoms with van der Waals surface area (Å²) in [4.78, 5) is 14.1. The third kappa shape index (κ3) is 4.92. The Kier molecular flexibility index (Phi) is 6.38. The van der Waals surface area contributed by atoms with E-state index in [1.807, 2.05) is 6.92 Å². The average Bonchev–Trinajstić information content (AvgIpc) is 2.70. The molecule has 7 nitrogen and oxygen atoms in total. The molecule has 1 aromatic heterocycles. The lowest BCUT2D eigenvalue weighted by molar-refractivity contribution is 0.0950. The van der Waals surface area contributed by atoms with Gasteiger partial charge in [0.1, 0.15) is 5.82 Å². The van der Waals surface area contributed by atoms with E-state index < -0.39 is 0 Å². The van der Waals surface area contributed by atoms with Gasteiger partial charge in [0.25, 0.3) is 5.91 Å². The molecule has 1 aliphatic heterocycles. The summed E-state index contributed by atoms with van der Waals surface area (Å²) in [6.07, 6.45) is 0.904. The van der Waals surface area contributed by atoms with Gasteiger partial charge in [-0.15, -0.1) is 10.2 Å². The van der Waals surface area contributed by atoms with Crippen molar-refractivity contribution in [1.29, 1.82) is 0 Å². The first kappa shape index (κ1) is 18.1. The van der Waals surface area contributed by atoms with Crippen molar-refractivity contribution in [1.82, 2.24) is 20.8 Å². The fraction of sp³-hybridized carbons (Fsp3) is 0.421. The summed E-state index contributed by atoms with van der Waals surface area (Å²) in [6.45, 7) is 7.43. The van der Waals surface area contributed by atoms with Crippen molar-refractivity contribution in [3.8, 4) is 0 Å². The van der Waals surface area contributed by atoms with E-state index in [0.717, 1.165) is 39.1 Å². The molecule has 0 aliphatic carbocycles. The predicted octanol–water partition coefficient (Wildman–Crippen LogP) is 1.29. The molecule has 3 rings (SSSR count). The van der Waals surface area contributed by atoms with Crippen LogP contribution in [0.2, 0.25) is 0 Å². The first-order chi connectivity index (χ1) is 12.8. The molecule has 0 saturated carbocycles. The third-order valence-electron chi connectivity index (χ3n) is 4.37. The molecule has 0 unspecified atom stereocenters. The van der Waals surface area contributed by atoms with Crippen LogP contribution in [-0.2, 0) is 6.42 Å². The van der Waals surface area contributed by atoms with E-state index in [9.17, 15) is 4.79 Å². The van der Waals surface area contributed by atoms with Crippen LogP contribution in [0.1, 0.15) is 23.0 Å². The quantitative estimate of drug-likeness (QED) is 0.695. The van der Waals surface area contributed by atoms with Gasteiger partial charge in [-0.1, -0.05) is 12.1 Å². The van der Waals surface area contributed by atoms with E-state index in [0.29, 0.717) is 18.1 Å². The highest BCUT2D eigenvalue weighted by molar-refractivity contribution is 5.92. The van der Waals surface area contributed by atoms with Crippen LogP contribution in [-0.4, -0.2) is 55.4 Å². The van der Waals surface area contributed by atoms with Crippen LogP contribution >= 0.6 is 0 Å². The van der Waals surface area contributed by atoms with Gasteiger partial charge in [-0.2, -0.15) is 0 Å². The monoisotopic (exact) mass is 354 g/mol. The molecule has 26 heavy (non-hydrogen) atoms. The van der Waals surface area contributed by atoms with Crippen LogP contribution in [0.5, 0.6) is 0 Å². The Balaban J connectivity index is 1.46. The number of carbonyl (C=O) groups is 1. The number of hydrogen-bond acceptors (Lipinski definition) is 6. The van der Waals surface area contributed by atoms with E-state index in [2.05, 4.69) is 55.3 Å². The number of aromatic nitrogens is 2. The summed E-state index contributed by atoms with van der Waals surface area (Å²) < 4.78 is 0. The van der Waals surface area contributed by atoms with Crippen LogP contribution in [0.25, 0.3) is 0 Å². The molecular formula is C19H26N6O. The summed E-state index contributed by atoms with van der Waals surface area (Å²) in [7, 11) is 0. The Morgan fingerprint density at radius 1 is 1.12 bits per heavy atom. The smallest absolute Gasteiger partial charge is 0.271 e. The van der Waals surface area contributed by atoms with Gasteiger partial charge >= 0.3 is 0 Å². The molecule has 1 amide bonds. The van der Waals surface area contributed by atoms with Crippen molar-refractivity contribution >= 4 is 17.4 Å². The largest absolute Gasteiger partial charge is 0.369 e. The number of hydrogen-bond donors (Lipinski definition) is 3. The number of nitrogens with one attached hydrogen (secondary N) is 3. The summed E-state index contributed by atoms with van der Waals surface area (Å²) in [5, 5.41) is 17.3. The molecule has 0 radical (unpaired) electrons. The summed E-state index contributed by atoms with van der Waals surface area (Å²) >= 11 is 0. The van der Waals surface area contributed by atoms with E-state index in [4.69, 9.17) is 0 Å². The van der Waals surface area contributed by atoms with Gasteiger partial charge in [-0.3, -0.25) is 4.79 Å². The lowest BCUT2D eigenvalue weighted by Crippen LogP contribution is -2.43. The molecular weight excluding hydrogens is 328 g/mol. The summed E-state index contributed by atoms with van der Waals surface area (Å²) in [6, 6.07) is 12.2. The SMILES string of the molecule is CCNC(=O)c1ccc(NCCc2ccc(N3CCNCC3)cc2)nn1. The number of benzene rings is 1. The van der Waals surface area contributed by atoms with Crippen LogP contribution in [0, 0.1) is 0 Å². The van der Waals surface area contributed by atoms with E-state index in [1.165, 1.54) is 11.3 Å². The first-order valence-electron chi connectivity index (χ1n) is 9.16. The molecule has 7 heteroatoms. The molecule has 2 heterocycles. The maximum atomic E-state index is 11.7. The number of piperazine rings is 1. The fourth-order valence-electron chi connectivity index (χ4n) is 2.93.